The Morgan fingerprint density at radius 3 is 2.67 bits per heavy atom. The molecule has 0 heterocycles. The van der Waals surface area contributed by atoms with Crippen LogP contribution in [-0.2, 0) is 0 Å². The highest BCUT2D eigenvalue weighted by Gasteiger charge is 2.23. The van der Waals surface area contributed by atoms with Gasteiger partial charge in [0, 0.05) is 5.02 Å². The van der Waals surface area contributed by atoms with Gasteiger partial charge in [-0.1, -0.05) is 29.6 Å². The van der Waals surface area contributed by atoms with Crippen LogP contribution in [0.5, 0.6) is 5.75 Å². The average Bonchev–Trinajstić information content (AvgIpc) is 2.47. The van der Waals surface area contributed by atoms with Gasteiger partial charge in [0.05, 0.1) is 18.1 Å². The van der Waals surface area contributed by atoms with Crippen molar-refractivity contribution in [3.63, 3.8) is 0 Å². The lowest BCUT2D eigenvalue weighted by Gasteiger charge is -2.29. The van der Waals surface area contributed by atoms with Crippen LogP contribution >= 0.6 is 23.2 Å². The Balaban J connectivity index is 1.77. The number of aliphatic hydroxyl groups excluding tert-OH is 1. The molecule has 2 N–H and O–H groups in total. The van der Waals surface area contributed by atoms with Crippen LogP contribution in [0.25, 0.3) is 0 Å². The third-order valence-electron chi connectivity index (χ3n) is 4.18. The van der Waals surface area contributed by atoms with Gasteiger partial charge in [-0.2, -0.15) is 0 Å². The van der Waals surface area contributed by atoms with Crippen molar-refractivity contribution in [2.24, 2.45) is 0 Å². The second-order valence-electron chi connectivity index (χ2n) is 5.92. The van der Waals surface area contributed by atoms with Crippen molar-refractivity contribution < 1.29 is 14.7 Å². The molecule has 1 aliphatic carbocycles. The molecule has 21 heavy (non-hydrogen) atoms. The van der Waals surface area contributed by atoms with Gasteiger partial charge in [-0.25, -0.2) is 0 Å². The Hall–Kier alpha value is -0.480. The first-order valence-electron chi connectivity index (χ1n) is 7.64. The number of halogens is 2. The van der Waals surface area contributed by atoms with Crippen LogP contribution in [0.4, 0.5) is 0 Å². The van der Waals surface area contributed by atoms with Crippen LogP contribution in [0, 0.1) is 0 Å². The molecule has 0 spiro atoms. The summed E-state index contributed by atoms with van der Waals surface area (Å²) in [4.78, 5) is 1.40. The fourth-order valence-electron chi connectivity index (χ4n) is 2.97. The molecule has 0 amide bonds. The van der Waals surface area contributed by atoms with Gasteiger partial charge in [-0.3, -0.25) is 0 Å². The fraction of sp³-hybridized carbons (Fsp3) is 0.625. The van der Waals surface area contributed by atoms with Crippen molar-refractivity contribution in [3.8, 4) is 5.75 Å². The van der Waals surface area contributed by atoms with E-state index in [1.807, 2.05) is 0 Å². The van der Waals surface area contributed by atoms with Gasteiger partial charge in [-0.15, -0.1) is 0 Å². The summed E-state index contributed by atoms with van der Waals surface area (Å²) >= 11 is 11.9. The van der Waals surface area contributed by atoms with E-state index in [9.17, 15) is 5.11 Å². The number of likely N-dealkylation sites (N-methyl/N-ethyl adjacent to an activating group) is 1. The normalized spacial score (nSPS) is 19.2. The molecule has 2 unspecified atom stereocenters. The van der Waals surface area contributed by atoms with Crippen molar-refractivity contribution in [2.75, 3.05) is 20.2 Å². The van der Waals surface area contributed by atoms with E-state index in [2.05, 4.69) is 7.05 Å². The number of ether oxygens (including phenoxy) is 1. The van der Waals surface area contributed by atoms with Crippen LogP contribution in [-0.4, -0.2) is 37.5 Å². The van der Waals surface area contributed by atoms with E-state index in [0.29, 0.717) is 28.4 Å². The van der Waals surface area contributed by atoms with E-state index in [1.165, 1.54) is 37.0 Å². The maximum atomic E-state index is 10.1. The summed E-state index contributed by atoms with van der Waals surface area (Å²) < 4.78 is 5.59. The number of hydrogen-bond donors (Lipinski definition) is 2. The number of benzene rings is 1. The predicted molar refractivity (Wildman–Crippen MR) is 86.6 cm³/mol. The second kappa shape index (κ2) is 8.23. The topological polar surface area (TPSA) is 33.9 Å². The minimum Gasteiger partial charge on any atom is -0.489 e. The van der Waals surface area contributed by atoms with Crippen molar-refractivity contribution >= 4 is 23.2 Å². The van der Waals surface area contributed by atoms with E-state index in [-0.39, 0.29) is 6.61 Å². The summed E-state index contributed by atoms with van der Waals surface area (Å²) in [6, 6.07) is 5.78. The molecular weight excluding hydrogens is 309 g/mol. The zero-order valence-electron chi connectivity index (χ0n) is 12.4. The molecule has 0 aliphatic heterocycles. The lowest BCUT2D eigenvalue weighted by molar-refractivity contribution is -0.910. The van der Waals surface area contributed by atoms with E-state index < -0.39 is 6.10 Å². The van der Waals surface area contributed by atoms with Crippen molar-refractivity contribution in [2.45, 2.75) is 44.2 Å². The van der Waals surface area contributed by atoms with Crippen molar-refractivity contribution in [1.29, 1.82) is 0 Å². The van der Waals surface area contributed by atoms with E-state index in [4.69, 9.17) is 27.9 Å². The second-order valence-corrected chi connectivity index (χ2v) is 6.77. The summed E-state index contributed by atoms with van der Waals surface area (Å²) in [5, 5.41) is 11.2. The van der Waals surface area contributed by atoms with Gasteiger partial charge < -0.3 is 14.7 Å². The number of quaternary nitrogens is 1. The van der Waals surface area contributed by atoms with Crippen LogP contribution < -0.4 is 9.64 Å². The van der Waals surface area contributed by atoms with Gasteiger partial charge in [0.25, 0.3) is 0 Å². The molecule has 1 saturated carbocycles. The summed E-state index contributed by atoms with van der Waals surface area (Å²) in [6.07, 6.45) is 6.03. The van der Waals surface area contributed by atoms with Crippen LogP contribution in [0.15, 0.2) is 18.2 Å². The molecule has 1 fully saturated rings. The third kappa shape index (κ3) is 5.33. The zero-order valence-corrected chi connectivity index (χ0v) is 14.0. The van der Waals surface area contributed by atoms with Crippen LogP contribution in [0.2, 0.25) is 10.0 Å². The van der Waals surface area contributed by atoms with Gasteiger partial charge in [0.15, 0.2) is 0 Å². The maximum Gasteiger partial charge on any atom is 0.138 e. The Bertz CT molecular complexity index is 450. The van der Waals surface area contributed by atoms with Crippen molar-refractivity contribution in [1.82, 2.24) is 0 Å². The molecule has 118 valence electrons. The Morgan fingerprint density at radius 1 is 1.29 bits per heavy atom. The highest BCUT2D eigenvalue weighted by atomic mass is 35.5. The van der Waals surface area contributed by atoms with Crippen molar-refractivity contribution in [3.05, 3.63) is 28.2 Å². The van der Waals surface area contributed by atoms with E-state index >= 15 is 0 Å². The van der Waals surface area contributed by atoms with Crippen LogP contribution in [0.3, 0.4) is 0 Å². The first-order chi connectivity index (χ1) is 10.1. The molecule has 5 heteroatoms. The van der Waals surface area contributed by atoms with Gasteiger partial charge in [0.1, 0.15) is 25.0 Å². The molecule has 3 nitrogen and oxygen atoms in total. The van der Waals surface area contributed by atoms with Gasteiger partial charge in [-0.05, 0) is 43.9 Å². The first kappa shape index (κ1) is 16.9. The molecule has 0 bridgehead atoms. The smallest absolute Gasteiger partial charge is 0.138 e. The molecule has 2 rings (SSSR count). The predicted octanol–water partition coefficient (Wildman–Crippen LogP) is 2.58. The van der Waals surface area contributed by atoms with Gasteiger partial charge in [0.2, 0.25) is 0 Å². The molecule has 1 aromatic carbocycles. The molecule has 0 saturated heterocycles. The molecular formula is C16H24Cl2NO2+. The summed E-state index contributed by atoms with van der Waals surface area (Å²) in [7, 11) is 2.16. The molecule has 0 aromatic heterocycles. The maximum absolute atomic E-state index is 10.1. The molecule has 1 aromatic rings. The highest BCUT2D eigenvalue weighted by Crippen LogP contribution is 2.27. The SMILES string of the molecule is C[NH+](CC(O)COc1ccc(Cl)cc1Cl)C1CCCCC1. The quantitative estimate of drug-likeness (QED) is 0.839. The minimum absolute atomic E-state index is 0.255. The zero-order chi connectivity index (χ0) is 15.2. The third-order valence-corrected chi connectivity index (χ3v) is 4.72. The summed E-state index contributed by atoms with van der Waals surface area (Å²) in [6.45, 7) is 0.960. The summed E-state index contributed by atoms with van der Waals surface area (Å²) in [5.41, 5.74) is 0. The monoisotopic (exact) mass is 332 g/mol. The molecule has 2 atom stereocenters. The Labute approximate surface area is 136 Å². The average molecular weight is 333 g/mol. The van der Waals surface area contributed by atoms with Crippen LogP contribution in [0.1, 0.15) is 32.1 Å². The Kier molecular flexibility index (Phi) is 6.62. The number of aliphatic hydroxyl groups is 1. The summed E-state index contributed by atoms with van der Waals surface area (Å²) in [5.74, 6) is 0.565. The lowest BCUT2D eigenvalue weighted by Crippen LogP contribution is -3.14. The highest BCUT2D eigenvalue weighted by molar-refractivity contribution is 6.35. The number of hydrogen-bond acceptors (Lipinski definition) is 2. The fourth-order valence-corrected chi connectivity index (χ4v) is 3.43. The largest absolute Gasteiger partial charge is 0.489 e. The number of nitrogens with one attached hydrogen (secondary N) is 1. The Morgan fingerprint density at radius 2 is 2.00 bits per heavy atom. The minimum atomic E-state index is -0.487. The van der Waals surface area contributed by atoms with Gasteiger partial charge >= 0.3 is 0 Å². The number of rotatable bonds is 6. The molecule has 1 aliphatic rings. The molecule has 0 radical (unpaired) electrons. The first-order valence-corrected chi connectivity index (χ1v) is 8.40. The van der Waals surface area contributed by atoms with E-state index in [1.54, 1.807) is 18.2 Å². The van der Waals surface area contributed by atoms with E-state index in [0.717, 1.165) is 0 Å². The lowest BCUT2D eigenvalue weighted by atomic mass is 9.94. The standard InChI is InChI=1S/C16H23Cl2NO2/c1-19(13-5-3-2-4-6-13)10-14(20)11-21-16-8-7-12(17)9-15(16)18/h7-9,13-14,20H,2-6,10-11H2,1H3/p+1.